The topological polar surface area (TPSA) is 51.2 Å². The van der Waals surface area contributed by atoms with Crippen molar-refractivity contribution in [2.45, 2.75) is 56.7 Å². The third-order valence-corrected chi connectivity index (χ3v) is 4.20. The smallest absolute Gasteiger partial charge is 0.160 e. The summed E-state index contributed by atoms with van der Waals surface area (Å²) in [6.07, 6.45) is -10.3. The second-order valence-corrected chi connectivity index (χ2v) is 5.77. The number of likely N-dealkylation sites (tertiary alicyclic amines) is 1. The highest BCUT2D eigenvalue weighted by Gasteiger charge is 2.34. The second-order valence-electron chi connectivity index (χ2n) is 5.77. The number of methoxy groups -OCH3 is 2. The standard InChI is InChI=1S/C20H31NO4/c1-23-19-8-7-15(13-20(19)24-2)10-12-25-18-6-4-3-5-17(18)21-11-9-16(22)14-21/h7-8,13,16-18,22H,3-6,9-12,14H2,1-2H3/t16-,17-,18-/m1/s1/i1D3,9D2,10D2,11D2,12D2,14D2,16D. The zero-order valence-electron chi connectivity index (χ0n) is 27.8. The molecule has 0 aromatic heterocycles. The highest BCUT2D eigenvalue weighted by Crippen LogP contribution is 2.30. The molecule has 1 N–H and O–H groups in total. The Kier molecular flexibility index (Phi) is 2.75. The predicted octanol–water partition coefficient (Wildman–Crippen LogP) is 2.64. The Morgan fingerprint density at radius 1 is 1.36 bits per heavy atom. The van der Waals surface area contributed by atoms with Gasteiger partial charge in [-0.2, -0.15) is 0 Å². The summed E-state index contributed by atoms with van der Waals surface area (Å²) in [5, 5.41) is 10.4. The van der Waals surface area contributed by atoms with Crippen molar-refractivity contribution in [3.05, 3.63) is 23.8 Å². The summed E-state index contributed by atoms with van der Waals surface area (Å²) in [7, 11) is -1.64. The fourth-order valence-electron chi connectivity index (χ4n) is 2.95. The molecule has 2 fully saturated rings. The molecule has 0 bridgehead atoms. The Morgan fingerprint density at radius 2 is 2.24 bits per heavy atom. The van der Waals surface area contributed by atoms with E-state index in [1.165, 1.54) is 7.11 Å². The van der Waals surface area contributed by atoms with Crippen LogP contribution in [0.4, 0.5) is 0 Å². The van der Waals surface area contributed by atoms with E-state index in [0.717, 1.165) is 18.2 Å². The van der Waals surface area contributed by atoms with Crippen molar-refractivity contribution >= 4 is 0 Å². The first-order valence-electron chi connectivity index (χ1n) is 15.0. The van der Waals surface area contributed by atoms with E-state index in [4.69, 9.17) is 33.4 Å². The van der Waals surface area contributed by atoms with Gasteiger partial charge < -0.3 is 19.3 Å². The summed E-state index contributed by atoms with van der Waals surface area (Å²) in [5.74, 6) is -0.421. The van der Waals surface area contributed by atoms with E-state index in [1.807, 2.05) is 0 Å². The number of hydrogen-bond donors (Lipinski definition) is 1. The minimum atomic E-state index is -3.52. The zero-order chi connectivity index (χ0) is 30.0. The monoisotopic (exact) mass is 363 g/mol. The van der Waals surface area contributed by atoms with Crippen LogP contribution in [0.1, 0.15) is 56.8 Å². The van der Waals surface area contributed by atoms with Crippen molar-refractivity contribution in [1.82, 2.24) is 4.90 Å². The molecule has 3 atom stereocenters. The molecule has 0 unspecified atom stereocenters. The molecule has 1 heterocycles. The number of hydrogen-bond acceptors (Lipinski definition) is 5. The first-order valence-corrected chi connectivity index (χ1v) is 8.03. The van der Waals surface area contributed by atoms with Crippen LogP contribution < -0.4 is 9.47 Å². The summed E-state index contributed by atoms with van der Waals surface area (Å²) in [4.78, 5) is 0.381. The van der Waals surface area contributed by atoms with Gasteiger partial charge in [0.1, 0.15) is 0 Å². The van der Waals surface area contributed by atoms with Crippen LogP contribution in [0.5, 0.6) is 11.5 Å². The number of benzene rings is 1. The van der Waals surface area contributed by atoms with Crippen LogP contribution in [-0.4, -0.2) is 61.9 Å². The van der Waals surface area contributed by atoms with Crippen LogP contribution in [-0.2, 0) is 11.1 Å². The Morgan fingerprint density at radius 3 is 3.00 bits per heavy atom. The summed E-state index contributed by atoms with van der Waals surface area (Å²) >= 11 is 0. The molecule has 3 rings (SSSR count). The Bertz CT molecular complexity index is 1040. The van der Waals surface area contributed by atoms with Crippen LogP contribution >= 0.6 is 0 Å². The molecule has 25 heavy (non-hydrogen) atoms. The summed E-state index contributed by atoms with van der Waals surface area (Å²) in [6, 6.07) is 1.89. The second kappa shape index (κ2) is 8.88. The fraction of sp³-hybridized carbons (Fsp3) is 0.700. The quantitative estimate of drug-likeness (QED) is 0.807. The lowest BCUT2D eigenvalue weighted by atomic mass is 9.91. The van der Waals surface area contributed by atoms with Crippen molar-refractivity contribution in [2.24, 2.45) is 0 Å². The molecule has 0 radical (unpaired) electrons. The Balaban J connectivity index is 1.97. The maximum absolute atomic E-state index is 10.4. The van der Waals surface area contributed by atoms with Crippen molar-refractivity contribution in [2.75, 3.05) is 33.7 Å². The van der Waals surface area contributed by atoms with E-state index in [0.29, 0.717) is 17.7 Å². The van der Waals surface area contributed by atoms with Crippen molar-refractivity contribution in [3.63, 3.8) is 0 Å². The van der Waals surface area contributed by atoms with E-state index in [9.17, 15) is 5.11 Å². The largest absolute Gasteiger partial charge is 0.493 e. The number of rotatable bonds is 7. The average Bonchev–Trinajstić information content (AvgIpc) is 2.85. The van der Waals surface area contributed by atoms with Crippen LogP contribution in [0.25, 0.3) is 0 Å². The van der Waals surface area contributed by atoms with Gasteiger partial charge in [0.25, 0.3) is 0 Å². The number of nitrogens with zero attached hydrogens (tertiary/aromatic N) is 1. The van der Waals surface area contributed by atoms with Gasteiger partial charge in [-0.25, -0.2) is 0 Å². The highest BCUT2D eigenvalue weighted by molar-refractivity contribution is 5.42. The summed E-state index contributed by atoms with van der Waals surface area (Å²) < 4.78 is 128. The van der Waals surface area contributed by atoms with Gasteiger partial charge in [0.05, 0.1) is 41.1 Å². The van der Waals surface area contributed by atoms with Crippen molar-refractivity contribution in [3.8, 4) is 11.5 Å². The molecule has 0 amide bonds. The van der Waals surface area contributed by atoms with Gasteiger partial charge in [0.2, 0.25) is 0 Å². The molecule has 1 aromatic carbocycles. The molecule has 2 aliphatic rings. The Hall–Kier alpha value is -1.30. The lowest BCUT2D eigenvalue weighted by Crippen LogP contribution is -2.46. The fourth-order valence-corrected chi connectivity index (χ4v) is 2.95. The number of aliphatic hydroxyl groups is 1. The molecule has 1 aliphatic carbocycles. The first-order chi connectivity index (χ1) is 17.5. The third-order valence-electron chi connectivity index (χ3n) is 4.20. The van der Waals surface area contributed by atoms with E-state index >= 15 is 0 Å². The molecular weight excluding hydrogens is 318 g/mol. The molecule has 5 nitrogen and oxygen atoms in total. The van der Waals surface area contributed by atoms with E-state index < -0.39 is 57.6 Å². The van der Waals surface area contributed by atoms with Gasteiger partial charge in [0, 0.05) is 30.0 Å². The summed E-state index contributed by atoms with van der Waals surface area (Å²) in [6.45, 7) is -9.57. The van der Waals surface area contributed by atoms with Gasteiger partial charge >= 0.3 is 0 Å². The zero-order valence-corrected chi connectivity index (χ0v) is 13.8. The number of aryl methyl sites for hydroxylation is 1. The molecule has 5 heteroatoms. The van der Waals surface area contributed by atoms with Crippen LogP contribution in [0, 0.1) is 0 Å². The van der Waals surface area contributed by atoms with Crippen LogP contribution in [0.15, 0.2) is 18.2 Å². The van der Waals surface area contributed by atoms with Gasteiger partial charge in [-0.05, 0) is 43.3 Å². The molecule has 1 aliphatic heterocycles. The normalized spacial score (nSPS) is 46.3. The number of β-amino-alcohol motifs (C(OH)–C–C–N with tert-alkyl or cyclic N) is 1. The SMILES string of the molecule is [2H]C([2H])([2H])Oc1ccc(C([2H])([2H])C([2H])([2H])O[C@@H]2CCCC[C@H]2N2C([2H])([2H])C([2H])([2H])[C@@]([2H])(O)C2([2H])[2H])cc1OC. The molecule has 1 saturated heterocycles. The minimum absolute atomic E-state index is 0.00388. The van der Waals surface area contributed by atoms with Crippen molar-refractivity contribution < 1.29 is 38.5 Å². The predicted molar refractivity (Wildman–Crippen MR) is 97.4 cm³/mol. The van der Waals surface area contributed by atoms with Gasteiger partial charge in [0.15, 0.2) is 11.5 Å². The molecule has 0 spiro atoms. The molecule has 1 aromatic rings. The lowest BCUT2D eigenvalue weighted by molar-refractivity contribution is -0.0316. The average molecular weight is 364 g/mol. The maximum Gasteiger partial charge on any atom is 0.160 e. The minimum Gasteiger partial charge on any atom is -0.493 e. The molecule has 140 valence electrons. The Labute approximate surface area is 170 Å². The third kappa shape index (κ3) is 4.66. The highest BCUT2D eigenvalue weighted by atomic mass is 16.5. The van der Waals surface area contributed by atoms with Crippen LogP contribution in [0.3, 0.4) is 0 Å². The van der Waals surface area contributed by atoms with E-state index in [2.05, 4.69) is 0 Å². The maximum atomic E-state index is 10.4. The van der Waals surface area contributed by atoms with E-state index in [-0.39, 0.29) is 29.9 Å². The number of ether oxygens (including phenoxy) is 3. The summed E-state index contributed by atoms with van der Waals surface area (Å²) in [5.41, 5.74) is -0.307. The van der Waals surface area contributed by atoms with Crippen LogP contribution in [0.2, 0.25) is 0 Å². The van der Waals surface area contributed by atoms with E-state index in [1.54, 1.807) is 0 Å². The van der Waals surface area contributed by atoms with Gasteiger partial charge in [-0.1, -0.05) is 18.9 Å². The van der Waals surface area contributed by atoms with Crippen molar-refractivity contribution in [1.29, 1.82) is 0 Å². The molecular formula is C20H31NO4. The first kappa shape index (κ1) is 7.75. The van der Waals surface area contributed by atoms with Gasteiger partial charge in [-0.15, -0.1) is 0 Å². The lowest BCUT2D eigenvalue weighted by Gasteiger charge is -2.37. The van der Waals surface area contributed by atoms with Gasteiger partial charge in [-0.3, -0.25) is 4.90 Å². The molecule has 1 saturated carbocycles.